The van der Waals surface area contributed by atoms with E-state index in [1.807, 2.05) is 11.4 Å². The number of thiophene rings is 2. The normalized spacial score (nSPS) is 16.9. The van der Waals surface area contributed by atoms with Crippen LogP contribution in [0.3, 0.4) is 0 Å². The number of primary amides is 1. The molecule has 3 rings (SSSR count). The van der Waals surface area contributed by atoms with Crippen LogP contribution in [0.1, 0.15) is 56.3 Å². The van der Waals surface area contributed by atoms with E-state index in [4.69, 9.17) is 10.5 Å². The van der Waals surface area contributed by atoms with Gasteiger partial charge in [-0.1, -0.05) is 6.07 Å². The van der Waals surface area contributed by atoms with Crippen molar-refractivity contribution in [2.24, 2.45) is 5.73 Å². The third-order valence-electron chi connectivity index (χ3n) is 4.69. The second-order valence-electron chi connectivity index (χ2n) is 6.54. The molecular weight excluding hydrogens is 398 g/mol. The monoisotopic (exact) mass is 421 g/mol. The third kappa shape index (κ3) is 4.26. The Morgan fingerprint density at radius 3 is 2.82 bits per heavy atom. The Morgan fingerprint density at radius 1 is 1.39 bits per heavy atom. The van der Waals surface area contributed by atoms with Crippen LogP contribution in [0.25, 0.3) is 0 Å². The summed E-state index contributed by atoms with van der Waals surface area (Å²) in [7, 11) is 0. The maximum Gasteiger partial charge on any atom is 0.341 e. The van der Waals surface area contributed by atoms with E-state index in [1.165, 1.54) is 4.88 Å². The summed E-state index contributed by atoms with van der Waals surface area (Å²) >= 11 is 2.70. The summed E-state index contributed by atoms with van der Waals surface area (Å²) in [6.07, 6.45) is 2.06. The Kier molecular flexibility index (Phi) is 6.48. The summed E-state index contributed by atoms with van der Waals surface area (Å²) in [6.45, 7) is 4.59. The van der Waals surface area contributed by atoms with E-state index in [9.17, 15) is 14.4 Å². The zero-order valence-corrected chi connectivity index (χ0v) is 17.5. The first-order chi connectivity index (χ1) is 13.4. The van der Waals surface area contributed by atoms with Gasteiger partial charge < -0.3 is 15.8 Å². The molecule has 0 aromatic carbocycles. The number of hydrogen-bond donors (Lipinski definition) is 2. The lowest BCUT2D eigenvalue weighted by atomic mass is 10.1. The van der Waals surface area contributed by atoms with E-state index in [0.717, 1.165) is 30.7 Å². The van der Waals surface area contributed by atoms with Crippen molar-refractivity contribution < 1.29 is 19.1 Å². The topological polar surface area (TPSA) is 102 Å². The number of nitrogens with two attached hydrogens (primary N) is 1. The number of rotatable bonds is 7. The number of nitrogens with zero attached hydrogens (tertiary/aromatic N) is 1. The van der Waals surface area contributed by atoms with Gasteiger partial charge in [0.05, 0.1) is 23.6 Å². The highest BCUT2D eigenvalue weighted by Gasteiger charge is 2.30. The second-order valence-corrected chi connectivity index (χ2v) is 8.54. The second kappa shape index (κ2) is 8.85. The first-order valence-electron chi connectivity index (χ1n) is 9.10. The predicted molar refractivity (Wildman–Crippen MR) is 110 cm³/mol. The van der Waals surface area contributed by atoms with Gasteiger partial charge in [0, 0.05) is 10.9 Å². The number of amides is 2. The molecule has 1 saturated heterocycles. The van der Waals surface area contributed by atoms with Crippen LogP contribution in [0.5, 0.6) is 0 Å². The fourth-order valence-electron chi connectivity index (χ4n) is 3.45. The molecule has 3 N–H and O–H groups in total. The zero-order valence-electron chi connectivity index (χ0n) is 15.8. The van der Waals surface area contributed by atoms with Crippen LogP contribution in [0.15, 0.2) is 17.5 Å². The van der Waals surface area contributed by atoms with Crippen LogP contribution in [0, 0.1) is 6.92 Å². The largest absolute Gasteiger partial charge is 0.462 e. The molecule has 1 aliphatic rings. The van der Waals surface area contributed by atoms with Crippen molar-refractivity contribution in [2.45, 2.75) is 32.7 Å². The maximum atomic E-state index is 12.7. The highest BCUT2D eigenvalue weighted by Crippen LogP contribution is 2.35. The molecule has 0 saturated carbocycles. The quantitative estimate of drug-likeness (QED) is 0.669. The lowest BCUT2D eigenvalue weighted by Gasteiger charge is -2.22. The number of hydrogen-bond acceptors (Lipinski definition) is 7. The average molecular weight is 422 g/mol. The molecule has 2 aromatic rings. The van der Waals surface area contributed by atoms with Gasteiger partial charge in [-0.25, -0.2) is 4.79 Å². The SMILES string of the molecule is CCOC(=O)c1c(NC(=O)CN2CCC[C@@H]2c2cccs2)sc(C(N)=O)c1C. The van der Waals surface area contributed by atoms with Gasteiger partial charge in [-0.05, 0) is 50.2 Å². The first-order valence-corrected chi connectivity index (χ1v) is 10.8. The first kappa shape index (κ1) is 20.5. The van der Waals surface area contributed by atoms with E-state index >= 15 is 0 Å². The van der Waals surface area contributed by atoms with Crippen molar-refractivity contribution in [3.63, 3.8) is 0 Å². The van der Waals surface area contributed by atoms with Crippen molar-refractivity contribution in [1.82, 2.24) is 4.90 Å². The zero-order chi connectivity index (χ0) is 20.3. The molecule has 150 valence electrons. The van der Waals surface area contributed by atoms with Gasteiger partial charge >= 0.3 is 5.97 Å². The molecule has 2 amide bonds. The molecule has 0 spiro atoms. The van der Waals surface area contributed by atoms with Gasteiger partial charge in [-0.2, -0.15) is 0 Å². The van der Waals surface area contributed by atoms with Gasteiger partial charge in [-0.15, -0.1) is 22.7 Å². The molecule has 9 heteroatoms. The molecule has 1 atom stereocenters. The smallest absolute Gasteiger partial charge is 0.341 e. The summed E-state index contributed by atoms with van der Waals surface area (Å²) in [5.41, 5.74) is 6.04. The average Bonchev–Trinajstić information content (AvgIpc) is 3.35. The number of esters is 1. The Balaban J connectivity index is 1.77. The lowest BCUT2D eigenvalue weighted by Crippen LogP contribution is -2.32. The molecule has 1 aliphatic heterocycles. The standard InChI is InChI=1S/C19H23N3O4S2/c1-3-26-19(25)15-11(2)16(17(20)24)28-18(15)21-14(23)10-22-8-4-6-12(22)13-7-5-9-27-13/h5,7,9,12H,3-4,6,8,10H2,1-2H3,(H2,20,24)(H,21,23)/t12-/m1/s1. The minimum atomic E-state index is -0.633. The fraction of sp³-hybridized carbons (Fsp3) is 0.421. The number of carbonyl (C=O) groups is 3. The van der Waals surface area contributed by atoms with E-state index in [1.54, 1.807) is 25.2 Å². The molecule has 1 fully saturated rings. The van der Waals surface area contributed by atoms with Crippen molar-refractivity contribution >= 4 is 45.5 Å². The molecule has 2 aromatic heterocycles. The van der Waals surface area contributed by atoms with Crippen LogP contribution < -0.4 is 11.1 Å². The van der Waals surface area contributed by atoms with Crippen LogP contribution in [0.4, 0.5) is 5.00 Å². The summed E-state index contributed by atoms with van der Waals surface area (Å²) in [5.74, 6) is -1.44. The lowest BCUT2D eigenvalue weighted by molar-refractivity contribution is -0.117. The van der Waals surface area contributed by atoms with E-state index in [2.05, 4.69) is 16.3 Å². The fourth-order valence-corrected chi connectivity index (χ4v) is 5.41. The summed E-state index contributed by atoms with van der Waals surface area (Å²) in [6, 6.07) is 4.34. The van der Waals surface area contributed by atoms with Crippen molar-refractivity contribution in [3.8, 4) is 0 Å². The Labute approximate surface area is 171 Å². The number of carbonyl (C=O) groups excluding carboxylic acids is 3. The number of likely N-dealkylation sites (tertiary alicyclic amines) is 1. The summed E-state index contributed by atoms with van der Waals surface area (Å²) in [4.78, 5) is 40.3. The molecular formula is C19H23N3O4S2. The predicted octanol–water partition coefficient (Wildman–Crippen LogP) is 3.17. The Bertz CT molecular complexity index is 876. The van der Waals surface area contributed by atoms with Gasteiger partial charge in [-0.3, -0.25) is 14.5 Å². The molecule has 0 unspecified atom stereocenters. The minimum Gasteiger partial charge on any atom is -0.462 e. The van der Waals surface area contributed by atoms with Crippen molar-refractivity contribution in [1.29, 1.82) is 0 Å². The van der Waals surface area contributed by atoms with E-state index in [-0.39, 0.29) is 35.5 Å². The highest BCUT2D eigenvalue weighted by molar-refractivity contribution is 7.18. The summed E-state index contributed by atoms with van der Waals surface area (Å²) in [5, 5.41) is 5.14. The van der Waals surface area contributed by atoms with Crippen molar-refractivity contribution in [3.05, 3.63) is 38.4 Å². The number of ether oxygens (including phenoxy) is 1. The number of nitrogens with one attached hydrogen (secondary N) is 1. The highest BCUT2D eigenvalue weighted by atomic mass is 32.1. The third-order valence-corrected chi connectivity index (χ3v) is 6.88. The molecule has 0 aliphatic carbocycles. The van der Waals surface area contributed by atoms with Crippen LogP contribution in [0.2, 0.25) is 0 Å². The van der Waals surface area contributed by atoms with Crippen molar-refractivity contribution in [2.75, 3.05) is 25.0 Å². The van der Waals surface area contributed by atoms with Gasteiger partial charge in [0.1, 0.15) is 5.00 Å². The van der Waals surface area contributed by atoms with Gasteiger partial charge in [0.15, 0.2) is 0 Å². The van der Waals surface area contributed by atoms with Gasteiger partial charge in [0.25, 0.3) is 5.91 Å². The molecule has 7 nitrogen and oxygen atoms in total. The number of anilines is 1. The Hall–Kier alpha value is -2.23. The van der Waals surface area contributed by atoms with E-state index < -0.39 is 11.9 Å². The molecule has 3 heterocycles. The van der Waals surface area contributed by atoms with E-state index in [0.29, 0.717) is 10.6 Å². The summed E-state index contributed by atoms with van der Waals surface area (Å²) < 4.78 is 5.08. The van der Waals surface area contributed by atoms with Crippen LogP contribution in [-0.2, 0) is 9.53 Å². The molecule has 0 bridgehead atoms. The maximum absolute atomic E-state index is 12.7. The Morgan fingerprint density at radius 2 is 2.18 bits per heavy atom. The molecule has 28 heavy (non-hydrogen) atoms. The molecule has 0 radical (unpaired) electrons. The minimum absolute atomic E-state index is 0.198. The van der Waals surface area contributed by atoms with Gasteiger partial charge in [0.2, 0.25) is 5.91 Å². The van der Waals surface area contributed by atoms with Crippen LogP contribution >= 0.6 is 22.7 Å². The van der Waals surface area contributed by atoms with Crippen LogP contribution in [-0.4, -0.2) is 42.4 Å².